The molecule has 0 bridgehead atoms. The molecule has 1 heterocycles. The minimum absolute atomic E-state index is 0.0366. The number of aliphatic carboxylic acids is 1. The predicted octanol–water partition coefficient (Wildman–Crippen LogP) is 6.04. The van der Waals surface area contributed by atoms with E-state index in [0.29, 0.717) is 17.2 Å². The van der Waals surface area contributed by atoms with Gasteiger partial charge in [0.2, 0.25) is 0 Å². The van der Waals surface area contributed by atoms with Gasteiger partial charge in [0.25, 0.3) is 0 Å². The van der Waals surface area contributed by atoms with Crippen LogP contribution >= 0.6 is 11.3 Å². The molecule has 30 heavy (non-hydrogen) atoms. The van der Waals surface area contributed by atoms with Crippen molar-refractivity contribution >= 4 is 28.1 Å². The molecule has 2 aromatic carbocycles. The van der Waals surface area contributed by atoms with Crippen LogP contribution in [0.3, 0.4) is 0 Å². The van der Waals surface area contributed by atoms with Gasteiger partial charge >= 0.3 is 5.97 Å². The number of allylic oxidation sites excluding steroid dienone is 4. The van der Waals surface area contributed by atoms with Crippen LogP contribution in [0.15, 0.2) is 84.3 Å². The Kier molecular flexibility index (Phi) is 5.77. The van der Waals surface area contributed by atoms with Gasteiger partial charge in [0.1, 0.15) is 5.82 Å². The molecule has 0 aliphatic heterocycles. The van der Waals surface area contributed by atoms with E-state index in [1.165, 1.54) is 29.0 Å². The largest absolute Gasteiger partial charge is 0.481 e. The van der Waals surface area contributed by atoms with E-state index in [2.05, 4.69) is 41.8 Å². The Hall–Kier alpha value is -3.25. The summed E-state index contributed by atoms with van der Waals surface area (Å²) in [4.78, 5) is 16.0. The number of hydrogen-bond donors (Lipinski definition) is 2. The van der Waals surface area contributed by atoms with Gasteiger partial charge in [-0.25, -0.2) is 9.37 Å². The first-order valence-corrected chi connectivity index (χ1v) is 10.6. The summed E-state index contributed by atoms with van der Waals surface area (Å²) in [6.07, 6.45) is 8.80. The van der Waals surface area contributed by atoms with Crippen molar-refractivity contribution in [3.63, 3.8) is 0 Å². The summed E-state index contributed by atoms with van der Waals surface area (Å²) < 4.78 is 13.4. The summed E-state index contributed by atoms with van der Waals surface area (Å²) in [5.41, 5.74) is 2.01. The molecule has 3 aromatic rings. The second-order valence-electron chi connectivity index (χ2n) is 7.26. The van der Waals surface area contributed by atoms with Crippen molar-refractivity contribution in [3.8, 4) is 0 Å². The van der Waals surface area contributed by atoms with Gasteiger partial charge in [-0.15, -0.1) is 11.3 Å². The summed E-state index contributed by atoms with van der Waals surface area (Å²) in [5, 5.41) is 14.9. The lowest BCUT2D eigenvalue weighted by atomic mass is 9.75. The van der Waals surface area contributed by atoms with Crippen LogP contribution in [0.25, 0.3) is 0 Å². The first-order valence-electron chi connectivity index (χ1n) is 9.68. The minimum atomic E-state index is -0.838. The SMILES string of the molecule is O=C(O)CCC1(c2csc(Nc3cccc(F)c3)n2)C=CC(c2ccccc2)C=C1. The molecule has 152 valence electrons. The van der Waals surface area contributed by atoms with Crippen molar-refractivity contribution in [2.45, 2.75) is 24.2 Å². The van der Waals surface area contributed by atoms with Crippen LogP contribution < -0.4 is 5.32 Å². The van der Waals surface area contributed by atoms with Gasteiger partial charge in [0, 0.05) is 23.4 Å². The van der Waals surface area contributed by atoms with E-state index in [9.17, 15) is 14.3 Å². The number of benzene rings is 2. The van der Waals surface area contributed by atoms with Crippen LogP contribution in [-0.2, 0) is 10.2 Å². The molecule has 1 aromatic heterocycles. The summed E-state index contributed by atoms with van der Waals surface area (Å²) in [7, 11) is 0. The molecule has 0 atom stereocenters. The number of thiazole rings is 1. The van der Waals surface area contributed by atoms with Gasteiger partial charge < -0.3 is 10.4 Å². The fraction of sp³-hybridized carbons (Fsp3) is 0.167. The van der Waals surface area contributed by atoms with Crippen LogP contribution in [-0.4, -0.2) is 16.1 Å². The average molecular weight is 421 g/mol. The summed E-state index contributed by atoms with van der Waals surface area (Å²) >= 11 is 1.41. The molecule has 0 spiro atoms. The molecule has 0 saturated carbocycles. The van der Waals surface area contributed by atoms with Crippen LogP contribution in [0, 0.1) is 5.82 Å². The van der Waals surface area contributed by atoms with Crippen LogP contribution in [0.2, 0.25) is 0 Å². The Morgan fingerprint density at radius 1 is 1.13 bits per heavy atom. The number of carbonyl (C=O) groups is 1. The van der Waals surface area contributed by atoms with Crippen molar-refractivity contribution in [2.75, 3.05) is 5.32 Å². The average Bonchev–Trinajstić information content (AvgIpc) is 3.22. The zero-order valence-corrected chi connectivity index (χ0v) is 17.0. The number of hydrogen-bond acceptors (Lipinski definition) is 4. The van der Waals surface area contributed by atoms with Gasteiger partial charge in [-0.1, -0.05) is 60.7 Å². The van der Waals surface area contributed by atoms with Crippen molar-refractivity contribution in [3.05, 3.63) is 101 Å². The number of nitrogens with one attached hydrogen (secondary N) is 1. The third-order valence-corrected chi connectivity index (χ3v) is 5.95. The first kappa shape index (κ1) is 20.0. The van der Waals surface area contributed by atoms with E-state index in [0.717, 1.165) is 5.69 Å². The van der Waals surface area contributed by atoms with Crippen molar-refractivity contribution in [1.29, 1.82) is 0 Å². The van der Waals surface area contributed by atoms with E-state index in [4.69, 9.17) is 4.98 Å². The van der Waals surface area contributed by atoms with E-state index in [1.54, 1.807) is 12.1 Å². The highest BCUT2D eigenvalue weighted by atomic mass is 32.1. The van der Waals surface area contributed by atoms with Crippen LogP contribution in [0.4, 0.5) is 15.2 Å². The molecule has 0 amide bonds. The third-order valence-electron chi connectivity index (χ3n) is 5.20. The molecule has 4 nitrogen and oxygen atoms in total. The summed E-state index contributed by atoms with van der Waals surface area (Å²) in [6.45, 7) is 0. The highest BCUT2D eigenvalue weighted by Gasteiger charge is 2.32. The molecule has 0 unspecified atom stereocenters. The van der Waals surface area contributed by atoms with Crippen molar-refractivity contribution in [2.24, 2.45) is 0 Å². The second-order valence-corrected chi connectivity index (χ2v) is 8.12. The number of carboxylic acids is 1. The number of rotatable bonds is 7. The van der Waals surface area contributed by atoms with Gasteiger partial charge in [0.15, 0.2) is 5.13 Å². The molecule has 0 fully saturated rings. The van der Waals surface area contributed by atoms with E-state index < -0.39 is 11.4 Å². The molecule has 1 aliphatic rings. The Balaban J connectivity index is 1.60. The Bertz CT molecular complexity index is 1080. The monoisotopic (exact) mass is 420 g/mol. The number of carboxylic acid groups (broad SMARTS) is 1. The van der Waals surface area contributed by atoms with E-state index in [-0.39, 0.29) is 18.2 Å². The fourth-order valence-electron chi connectivity index (χ4n) is 3.58. The predicted molar refractivity (Wildman–Crippen MR) is 118 cm³/mol. The summed E-state index contributed by atoms with van der Waals surface area (Å²) in [5.74, 6) is -1.01. The standard InChI is InChI=1S/C24H21FN2O2S/c25-19-7-4-8-20(15-19)26-23-27-21(16-30-23)24(14-11-22(28)29)12-9-18(10-13-24)17-5-2-1-3-6-17/h1-10,12-13,15-16,18H,11,14H2,(H,26,27)(H,28,29). The first-order chi connectivity index (χ1) is 14.5. The normalized spacial score (nSPS) is 20.2. The van der Waals surface area contributed by atoms with E-state index in [1.807, 2.05) is 23.6 Å². The van der Waals surface area contributed by atoms with Crippen molar-refractivity contribution in [1.82, 2.24) is 4.98 Å². The quantitative estimate of drug-likeness (QED) is 0.458. The van der Waals surface area contributed by atoms with Gasteiger partial charge in [-0.3, -0.25) is 4.79 Å². The lowest BCUT2D eigenvalue weighted by Crippen LogP contribution is -2.25. The fourth-order valence-corrected chi connectivity index (χ4v) is 4.41. The Morgan fingerprint density at radius 2 is 1.90 bits per heavy atom. The van der Waals surface area contributed by atoms with Crippen molar-refractivity contribution < 1.29 is 14.3 Å². The zero-order chi connectivity index (χ0) is 21.0. The topological polar surface area (TPSA) is 62.2 Å². The van der Waals surface area contributed by atoms with Gasteiger partial charge in [-0.05, 0) is 30.2 Å². The maximum atomic E-state index is 13.4. The van der Waals surface area contributed by atoms with Gasteiger partial charge in [0.05, 0.1) is 11.1 Å². The lowest BCUT2D eigenvalue weighted by molar-refractivity contribution is -0.137. The number of aromatic nitrogens is 1. The van der Waals surface area contributed by atoms with Gasteiger partial charge in [-0.2, -0.15) is 0 Å². The maximum Gasteiger partial charge on any atom is 0.303 e. The molecular weight excluding hydrogens is 399 g/mol. The molecule has 0 saturated heterocycles. The maximum absolute atomic E-state index is 13.4. The zero-order valence-electron chi connectivity index (χ0n) is 16.2. The number of nitrogens with zero attached hydrogens (tertiary/aromatic N) is 1. The van der Waals surface area contributed by atoms with E-state index >= 15 is 0 Å². The number of anilines is 2. The smallest absolute Gasteiger partial charge is 0.303 e. The molecule has 1 aliphatic carbocycles. The molecule has 2 N–H and O–H groups in total. The lowest BCUT2D eigenvalue weighted by Gasteiger charge is -2.29. The molecule has 6 heteroatoms. The molecule has 4 rings (SSSR count). The highest BCUT2D eigenvalue weighted by Crippen LogP contribution is 2.40. The highest BCUT2D eigenvalue weighted by molar-refractivity contribution is 7.13. The number of halogens is 1. The molecular formula is C24H21FN2O2S. The Morgan fingerprint density at radius 3 is 2.60 bits per heavy atom. The summed E-state index contributed by atoms with van der Waals surface area (Å²) in [6, 6.07) is 16.4. The third kappa shape index (κ3) is 4.49. The molecule has 0 radical (unpaired) electrons. The minimum Gasteiger partial charge on any atom is -0.481 e. The second kappa shape index (κ2) is 8.63. The Labute approximate surface area is 178 Å². The van der Waals surface area contributed by atoms with Crippen LogP contribution in [0.1, 0.15) is 30.0 Å². The van der Waals surface area contributed by atoms with Crippen LogP contribution in [0.5, 0.6) is 0 Å².